The van der Waals surface area contributed by atoms with Crippen LogP contribution in [0.3, 0.4) is 0 Å². The van der Waals surface area contributed by atoms with Crippen LogP contribution in [0.1, 0.15) is 24.8 Å². The van der Waals surface area contributed by atoms with Gasteiger partial charge in [0.1, 0.15) is 0 Å². The molecule has 2 aliphatic rings. The van der Waals surface area contributed by atoms with Gasteiger partial charge in [0.2, 0.25) is 11.8 Å². The molecule has 2 fully saturated rings. The maximum atomic E-state index is 12.7. The molecule has 2 amide bonds. The number of hydrogen-bond acceptors (Lipinski definition) is 3. The highest BCUT2D eigenvalue weighted by atomic mass is 16.2. The Hall–Kier alpha value is -1.88. The van der Waals surface area contributed by atoms with E-state index >= 15 is 0 Å². The summed E-state index contributed by atoms with van der Waals surface area (Å²) in [6, 6.07) is 9.94. The summed E-state index contributed by atoms with van der Waals surface area (Å²) >= 11 is 0. The number of piperidine rings is 1. The van der Waals surface area contributed by atoms with Crippen molar-refractivity contribution in [1.82, 2.24) is 9.80 Å². The quantitative estimate of drug-likeness (QED) is 0.909. The zero-order valence-electron chi connectivity index (χ0n) is 13.5. The van der Waals surface area contributed by atoms with Crippen molar-refractivity contribution < 1.29 is 9.59 Å². The fourth-order valence-electron chi connectivity index (χ4n) is 3.54. The van der Waals surface area contributed by atoms with E-state index < -0.39 is 0 Å². The largest absolute Gasteiger partial charge is 0.342 e. The molecule has 1 atom stereocenters. The molecule has 0 aromatic heterocycles. The Balaban J connectivity index is 1.56. The van der Waals surface area contributed by atoms with E-state index in [0.29, 0.717) is 32.0 Å². The Labute approximate surface area is 137 Å². The van der Waals surface area contributed by atoms with E-state index in [1.165, 1.54) is 0 Å². The van der Waals surface area contributed by atoms with Crippen LogP contribution in [0, 0.1) is 11.8 Å². The zero-order chi connectivity index (χ0) is 16.2. The number of amides is 2. The molecule has 0 saturated carbocycles. The number of carbonyl (C=O) groups is 2. The highest BCUT2D eigenvalue weighted by Gasteiger charge is 2.37. The lowest BCUT2D eigenvalue weighted by Gasteiger charge is -2.33. The maximum Gasteiger partial charge on any atom is 0.227 e. The summed E-state index contributed by atoms with van der Waals surface area (Å²) in [5.74, 6) is 0.591. The lowest BCUT2D eigenvalue weighted by Crippen LogP contribution is -2.43. The third-order valence-corrected chi connectivity index (χ3v) is 5.04. The lowest BCUT2D eigenvalue weighted by atomic mass is 9.95. The highest BCUT2D eigenvalue weighted by molar-refractivity contribution is 5.89. The van der Waals surface area contributed by atoms with Crippen LogP contribution in [0.25, 0.3) is 0 Å². The van der Waals surface area contributed by atoms with Crippen LogP contribution in [-0.4, -0.2) is 47.8 Å². The van der Waals surface area contributed by atoms with Crippen molar-refractivity contribution in [2.45, 2.75) is 25.8 Å². The minimum atomic E-state index is -0.180. The second-order valence-electron chi connectivity index (χ2n) is 6.67. The standard InChI is InChI=1S/C18H25N3O2/c19-11-14-6-8-20(9-7-14)18(23)16-10-17(22)21(13-16)12-15-4-2-1-3-5-15/h1-5,14,16H,6-13,19H2. The molecule has 2 heterocycles. The summed E-state index contributed by atoms with van der Waals surface area (Å²) in [5.41, 5.74) is 6.81. The van der Waals surface area contributed by atoms with Crippen LogP contribution in [0.15, 0.2) is 30.3 Å². The average molecular weight is 315 g/mol. The molecule has 2 N–H and O–H groups in total. The molecule has 0 aliphatic carbocycles. The first-order chi connectivity index (χ1) is 11.2. The molecule has 0 radical (unpaired) electrons. The molecule has 1 aromatic rings. The Kier molecular flexibility index (Phi) is 4.96. The second-order valence-corrected chi connectivity index (χ2v) is 6.67. The van der Waals surface area contributed by atoms with Crippen molar-refractivity contribution in [1.29, 1.82) is 0 Å². The van der Waals surface area contributed by atoms with Gasteiger partial charge in [0.05, 0.1) is 5.92 Å². The number of nitrogens with two attached hydrogens (primary N) is 1. The number of carbonyl (C=O) groups excluding carboxylic acids is 2. The summed E-state index contributed by atoms with van der Waals surface area (Å²) in [6.45, 7) is 3.41. The average Bonchev–Trinajstić information content (AvgIpc) is 2.96. The van der Waals surface area contributed by atoms with Crippen molar-refractivity contribution in [3.63, 3.8) is 0 Å². The fraction of sp³-hybridized carbons (Fsp3) is 0.556. The van der Waals surface area contributed by atoms with Crippen LogP contribution in [0.4, 0.5) is 0 Å². The number of rotatable bonds is 4. The van der Waals surface area contributed by atoms with Crippen LogP contribution in [0.5, 0.6) is 0 Å². The van der Waals surface area contributed by atoms with Gasteiger partial charge >= 0.3 is 0 Å². The minimum Gasteiger partial charge on any atom is -0.342 e. The second kappa shape index (κ2) is 7.13. The molecular formula is C18H25N3O2. The normalized spacial score (nSPS) is 22.7. The lowest BCUT2D eigenvalue weighted by molar-refractivity contribution is -0.137. The molecule has 1 aromatic carbocycles. The first-order valence-electron chi connectivity index (χ1n) is 8.48. The van der Waals surface area contributed by atoms with Gasteiger partial charge in [-0.1, -0.05) is 30.3 Å². The smallest absolute Gasteiger partial charge is 0.227 e. The Bertz CT molecular complexity index is 553. The summed E-state index contributed by atoms with van der Waals surface area (Å²) in [4.78, 5) is 28.6. The topological polar surface area (TPSA) is 66.6 Å². The summed E-state index contributed by atoms with van der Waals surface area (Å²) in [6.07, 6.45) is 2.32. The van der Waals surface area contributed by atoms with Gasteiger partial charge < -0.3 is 15.5 Å². The number of hydrogen-bond donors (Lipinski definition) is 1. The van der Waals surface area contributed by atoms with E-state index in [0.717, 1.165) is 31.5 Å². The van der Waals surface area contributed by atoms with Crippen LogP contribution >= 0.6 is 0 Å². The predicted molar refractivity (Wildman–Crippen MR) is 88.3 cm³/mol. The third kappa shape index (κ3) is 3.72. The summed E-state index contributed by atoms with van der Waals surface area (Å²) in [5, 5.41) is 0. The van der Waals surface area contributed by atoms with E-state index in [1.54, 1.807) is 0 Å². The van der Waals surface area contributed by atoms with Gasteiger partial charge in [0.25, 0.3) is 0 Å². The van der Waals surface area contributed by atoms with Gasteiger partial charge in [-0.05, 0) is 30.9 Å². The SMILES string of the molecule is NCC1CCN(C(=O)C2CC(=O)N(Cc3ccccc3)C2)CC1. The first-order valence-corrected chi connectivity index (χ1v) is 8.48. The molecular weight excluding hydrogens is 290 g/mol. The maximum absolute atomic E-state index is 12.7. The zero-order valence-corrected chi connectivity index (χ0v) is 13.5. The highest BCUT2D eigenvalue weighted by Crippen LogP contribution is 2.24. The van der Waals surface area contributed by atoms with Gasteiger partial charge in [-0.25, -0.2) is 0 Å². The Morgan fingerprint density at radius 3 is 2.52 bits per heavy atom. The van der Waals surface area contributed by atoms with E-state index in [1.807, 2.05) is 40.1 Å². The van der Waals surface area contributed by atoms with Crippen LogP contribution < -0.4 is 5.73 Å². The monoisotopic (exact) mass is 315 g/mol. The van der Waals surface area contributed by atoms with Gasteiger partial charge in [0, 0.05) is 32.6 Å². The molecule has 3 rings (SSSR count). The van der Waals surface area contributed by atoms with Crippen molar-refractivity contribution in [2.75, 3.05) is 26.2 Å². The van der Waals surface area contributed by atoms with E-state index in [2.05, 4.69) is 0 Å². The van der Waals surface area contributed by atoms with Gasteiger partial charge in [-0.15, -0.1) is 0 Å². The third-order valence-electron chi connectivity index (χ3n) is 5.04. The van der Waals surface area contributed by atoms with Crippen molar-refractivity contribution in [2.24, 2.45) is 17.6 Å². The van der Waals surface area contributed by atoms with Gasteiger partial charge in [0.15, 0.2) is 0 Å². The molecule has 0 spiro atoms. The molecule has 124 valence electrons. The molecule has 2 saturated heterocycles. The van der Waals surface area contributed by atoms with E-state index in [9.17, 15) is 9.59 Å². The molecule has 1 unspecified atom stereocenters. The number of likely N-dealkylation sites (tertiary alicyclic amines) is 2. The van der Waals surface area contributed by atoms with Crippen molar-refractivity contribution >= 4 is 11.8 Å². The fourth-order valence-corrected chi connectivity index (χ4v) is 3.54. The first kappa shape index (κ1) is 16.0. The number of nitrogens with zero attached hydrogens (tertiary/aromatic N) is 2. The van der Waals surface area contributed by atoms with Gasteiger partial charge in [-0.3, -0.25) is 9.59 Å². The molecule has 23 heavy (non-hydrogen) atoms. The predicted octanol–water partition coefficient (Wildman–Crippen LogP) is 1.23. The van der Waals surface area contributed by atoms with Crippen LogP contribution in [0.2, 0.25) is 0 Å². The van der Waals surface area contributed by atoms with Crippen molar-refractivity contribution in [3.05, 3.63) is 35.9 Å². The Morgan fingerprint density at radius 2 is 1.87 bits per heavy atom. The van der Waals surface area contributed by atoms with E-state index in [-0.39, 0.29) is 17.7 Å². The van der Waals surface area contributed by atoms with Crippen LogP contribution in [-0.2, 0) is 16.1 Å². The number of benzene rings is 1. The summed E-state index contributed by atoms with van der Waals surface area (Å²) < 4.78 is 0. The summed E-state index contributed by atoms with van der Waals surface area (Å²) in [7, 11) is 0. The Morgan fingerprint density at radius 1 is 1.17 bits per heavy atom. The minimum absolute atomic E-state index is 0.0871. The molecule has 5 heteroatoms. The van der Waals surface area contributed by atoms with Crippen molar-refractivity contribution in [3.8, 4) is 0 Å². The molecule has 2 aliphatic heterocycles. The molecule has 0 bridgehead atoms. The molecule has 5 nitrogen and oxygen atoms in total. The van der Waals surface area contributed by atoms with E-state index in [4.69, 9.17) is 5.73 Å². The van der Waals surface area contributed by atoms with Gasteiger partial charge in [-0.2, -0.15) is 0 Å².